The van der Waals surface area contributed by atoms with Gasteiger partial charge in [-0.3, -0.25) is 4.79 Å². The molecule has 0 amide bonds. The van der Waals surface area contributed by atoms with Crippen LogP contribution in [-0.4, -0.2) is 36.8 Å². The van der Waals surface area contributed by atoms with E-state index >= 15 is 0 Å². The molecule has 2 aromatic rings. The predicted molar refractivity (Wildman–Crippen MR) is 86.9 cm³/mol. The van der Waals surface area contributed by atoms with Gasteiger partial charge in [0.2, 0.25) is 0 Å². The molecule has 1 aliphatic rings. The molecule has 1 N–H and O–H groups in total. The third-order valence-corrected chi connectivity index (χ3v) is 4.44. The first-order chi connectivity index (χ1) is 11.8. The number of hydrogen-bond acceptors (Lipinski definition) is 4. The lowest BCUT2D eigenvalue weighted by Gasteiger charge is -2.37. The van der Waals surface area contributed by atoms with Crippen LogP contribution in [0, 0.1) is 0 Å². The number of nitrogens with zero attached hydrogens (tertiary/aromatic N) is 1. The molecule has 1 saturated heterocycles. The van der Waals surface area contributed by atoms with Crippen molar-refractivity contribution in [1.29, 1.82) is 0 Å². The molecule has 1 aliphatic heterocycles. The maximum absolute atomic E-state index is 13.3. The normalized spacial score (nSPS) is 18.4. The summed E-state index contributed by atoms with van der Waals surface area (Å²) >= 11 is 0. The van der Waals surface area contributed by atoms with Gasteiger partial charge in [-0.15, -0.1) is 0 Å². The van der Waals surface area contributed by atoms with Crippen molar-refractivity contribution in [3.05, 3.63) is 40.2 Å². The van der Waals surface area contributed by atoms with Gasteiger partial charge in [-0.05, 0) is 43.5 Å². The number of carbonyl (C=O) groups is 1. The Morgan fingerprint density at radius 1 is 1.28 bits per heavy atom. The summed E-state index contributed by atoms with van der Waals surface area (Å²) in [5.74, 6) is -0.555. The fourth-order valence-electron chi connectivity index (χ4n) is 3.21. The highest BCUT2D eigenvalue weighted by molar-refractivity contribution is 5.95. The van der Waals surface area contributed by atoms with Gasteiger partial charge in [0.25, 0.3) is 5.56 Å². The van der Waals surface area contributed by atoms with Crippen LogP contribution in [0.1, 0.15) is 29.6 Å². The summed E-state index contributed by atoms with van der Waals surface area (Å²) in [5, 5.41) is 0.476. The summed E-state index contributed by atoms with van der Waals surface area (Å²) in [6, 6.07) is 4.24. The number of carbonyl (C=O) groups excluding carboxylic acids is 1. The number of aromatic nitrogens is 1. The largest absolute Gasteiger partial charge is 0.465 e. The fraction of sp³-hybridized carbons (Fsp3) is 0.412. The first kappa shape index (κ1) is 17.3. The number of benzene rings is 1. The van der Waals surface area contributed by atoms with Crippen molar-refractivity contribution in [2.45, 2.75) is 31.5 Å². The van der Waals surface area contributed by atoms with E-state index < -0.39 is 23.7 Å². The van der Waals surface area contributed by atoms with Gasteiger partial charge in [-0.1, -0.05) is 0 Å². The Morgan fingerprint density at radius 3 is 2.72 bits per heavy atom. The average molecular weight is 354 g/mol. The molecule has 0 aliphatic carbocycles. The Labute approximate surface area is 141 Å². The molecule has 1 atom stereocenters. The highest BCUT2D eigenvalue weighted by atomic mass is 19.4. The van der Waals surface area contributed by atoms with Crippen LogP contribution >= 0.6 is 0 Å². The molecule has 25 heavy (non-hydrogen) atoms. The molecule has 134 valence electrons. The monoisotopic (exact) mass is 354 g/mol. The Hall–Kier alpha value is -2.51. The number of halogens is 3. The van der Waals surface area contributed by atoms with E-state index in [9.17, 15) is 22.8 Å². The third kappa shape index (κ3) is 3.33. The Bertz CT molecular complexity index is 860. The quantitative estimate of drug-likeness (QED) is 0.841. The van der Waals surface area contributed by atoms with E-state index in [0.717, 1.165) is 4.90 Å². The van der Waals surface area contributed by atoms with Crippen LogP contribution in [0.3, 0.4) is 0 Å². The fourth-order valence-corrected chi connectivity index (χ4v) is 3.21. The van der Waals surface area contributed by atoms with Gasteiger partial charge >= 0.3 is 12.1 Å². The molecular formula is C17H17F3N2O3. The second kappa shape index (κ2) is 6.42. The van der Waals surface area contributed by atoms with Gasteiger partial charge in [-0.25, -0.2) is 4.79 Å². The molecule has 0 saturated carbocycles. The maximum Gasteiger partial charge on any atom is 0.408 e. The van der Waals surface area contributed by atoms with E-state index in [2.05, 4.69) is 9.72 Å². The highest BCUT2D eigenvalue weighted by Crippen LogP contribution is 2.34. The van der Waals surface area contributed by atoms with E-state index in [0.29, 0.717) is 23.7 Å². The predicted octanol–water partition coefficient (Wildman–Crippen LogP) is 3.24. The summed E-state index contributed by atoms with van der Waals surface area (Å²) in [5.41, 5.74) is 0.104. The molecule has 8 heteroatoms. The van der Waals surface area contributed by atoms with E-state index in [4.69, 9.17) is 0 Å². The van der Waals surface area contributed by atoms with Crippen molar-refractivity contribution in [3.8, 4) is 0 Å². The van der Waals surface area contributed by atoms with Crippen molar-refractivity contribution in [2.24, 2.45) is 0 Å². The molecule has 0 spiro atoms. The van der Waals surface area contributed by atoms with Crippen molar-refractivity contribution in [3.63, 3.8) is 0 Å². The van der Waals surface area contributed by atoms with Crippen LogP contribution in [0.4, 0.5) is 18.9 Å². The van der Waals surface area contributed by atoms with Crippen molar-refractivity contribution >= 4 is 22.6 Å². The summed E-state index contributed by atoms with van der Waals surface area (Å²) in [6.07, 6.45) is -3.39. The Kier molecular flexibility index (Phi) is 4.45. The molecule has 3 rings (SSSR count). The van der Waals surface area contributed by atoms with Crippen LogP contribution in [0.25, 0.3) is 10.9 Å². The Morgan fingerprint density at radius 2 is 2.04 bits per heavy atom. The molecule has 2 heterocycles. The summed E-state index contributed by atoms with van der Waals surface area (Å²) in [4.78, 5) is 27.7. The minimum absolute atomic E-state index is 0.0310. The first-order valence-electron chi connectivity index (χ1n) is 7.90. The van der Waals surface area contributed by atoms with Crippen LogP contribution in [0.5, 0.6) is 0 Å². The lowest BCUT2D eigenvalue weighted by Crippen LogP contribution is -2.50. The van der Waals surface area contributed by atoms with Gasteiger partial charge in [-0.2, -0.15) is 13.2 Å². The van der Waals surface area contributed by atoms with Gasteiger partial charge < -0.3 is 14.6 Å². The van der Waals surface area contributed by atoms with Gasteiger partial charge in [0, 0.05) is 17.4 Å². The van der Waals surface area contributed by atoms with E-state index in [-0.39, 0.29) is 24.2 Å². The second-order valence-corrected chi connectivity index (χ2v) is 6.02. The lowest BCUT2D eigenvalue weighted by atomic mass is 10.0. The highest BCUT2D eigenvalue weighted by Gasteiger charge is 2.45. The molecule has 5 nitrogen and oxygen atoms in total. The number of aromatic amines is 1. The third-order valence-electron chi connectivity index (χ3n) is 4.44. The number of methoxy groups -OCH3 is 1. The SMILES string of the molecule is COC(=O)c1ccc2[nH]c(=O)c(N3CCCC[C@@H]3C(F)(F)F)cc2c1. The topological polar surface area (TPSA) is 62.4 Å². The number of hydrogen-bond donors (Lipinski definition) is 1. The van der Waals surface area contributed by atoms with E-state index in [1.807, 2.05) is 0 Å². The molecule has 0 radical (unpaired) electrons. The number of ether oxygens (including phenoxy) is 1. The van der Waals surface area contributed by atoms with Crippen LogP contribution < -0.4 is 10.5 Å². The maximum atomic E-state index is 13.3. The van der Waals surface area contributed by atoms with Crippen LogP contribution in [0.2, 0.25) is 0 Å². The first-order valence-corrected chi connectivity index (χ1v) is 7.90. The number of alkyl halides is 3. The minimum atomic E-state index is -4.41. The van der Waals surface area contributed by atoms with Gasteiger partial charge in [0.1, 0.15) is 11.7 Å². The number of piperidine rings is 1. The summed E-state index contributed by atoms with van der Waals surface area (Å²) in [6.45, 7) is 0.162. The lowest BCUT2D eigenvalue weighted by molar-refractivity contribution is -0.152. The zero-order chi connectivity index (χ0) is 18.2. The molecule has 1 fully saturated rings. The number of anilines is 1. The number of pyridine rings is 1. The number of H-pyrrole nitrogens is 1. The Balaban J connectivity index is 2.09. The van der Waals surface area contributed by atoms with Crippen molar-refractivity contribution in [2.75, 3.05) is 18.6 Å². The number of fused-ring (bicyclic) bond motifs is 1. The second-order valence-electron chi connectivity index (χ2n) is 6.02. The van der Waals surface area contributed by atoms with Crippen molar-refractivity contribution in [1.82, 2.24) is 4.98 Å². The number of nitrogens with one attached hydrogen (secondary N) is 1. The van der Waals surface area contributed by atoms with E-state index in [1.165, 1.54) is 31.4 Å². The molecule has 1 aromatic carbocycles. The van der Waals surface area contributed by atoms with Crippen molar-refractivity contribution < 1.29 is 22.7 Å². The molecule has 0 unspecified atom stereocenters. The smallest absolute Gasteiger partial charge is 0.408 e. The molecule has 0 bridgehead atoms. The number of rotatable bonds is 2. The molecular weight excluding hydrogens is 337 g/mol. The van der Waals surface area contributed by atoms with Crippen LogP contribution in [0.15, 0.2) is 29.1 Å². The zero-order valence-electron chi connectivity index (χ0n) is 13.5. The molecule has 1 aromatic heterocycles. The van der Waals surface area contributed by atoms with Gasteiger partial charge in [0.15, 0.2) is 0 Å². The van der Waals surface area contributed by atoms with E-state index in [1.54, 1.807) is 0 Å². The van der Waals surface area contributed by atoms with Crippen LogP contribution in [-0.2, 0) is 4.74 Å². The summed E-state index contributed by atoms with van der Waals surface area (Å²) in [7, 11) is 1.24. The summed E-state index contributed by atoms with van der Waals surface area (Å²) < 4.78 is 44.6. The number of esters is 1. The average Bonchev–Trinajstić information content (AvgIpc) is 2.59. The minimum Gasteiger partial charge on any atom is -0.465 e. The standard InChI is InChI=1S/C17H17F3N2O3/c1-25-16(24)10-5-6-12-11(8-10)9-13(15(23)21-12)22-7-3-2-4-14(22)17(18,19)20/h5-6,8-9,14H,2-4,7H2,1H3,(H,21,23)/t14-/m1/s1. The zero-order valence-corrected chi connectivity index (χ0v) is 13.5. The van der Waals surface area contributed by atoms with Gasteiger partial charge in [0.05, 0.1) is 12.7 Å².